The van der Waals surface area contributed by atoms with Crippen LogP contribution in [0.4, 0.5) is 0 Å². The van der Waals surface area contributed by atoms with E-state index < -0.39 is 0 Å². The third-order valence-electron chi connectivity index (χ3n) is 4.74. The van der Waals surface area contributed by atoms with Crippen molar-refractivity contribution >= 4 is 0 Å². The van der Waals surface area contributed by atoms with Gasteiger partial charge >= 0.3 is 0 Å². The normalized spacial score (nSPS) is 25.0. The van der Waals surface area contributed by atoms with Gasteiger partial charge in [-0.3, -0.25) is 0 Å². The summed E-state index contributed by atoms with van der Waals surface area (Å²) in [7, 11) is 2.08. The van der Waals surface area contributed by atoms with Crippen LogP contribution in [0.15, 0.2) is 18.2 Å². The highest BCUT2D eigenvalue weighted by Crippen LogP contribution is 2.44. The van der Waals surface area contributed by atoms with Gasteiger partial charge in [0.15, 0.2) is 0 Å². The van der Waals surface area contributed by atoms with E-state index in [2.05, 4.69) is 72.1 Å². The first-order valence-corrected chi connectivity index (χ1v) is 8.07. The van der Waals surface area contributed by atoms with E-state index in [0.29, 0.717) is 12.0 Å². The number of hydrogen-bond donors (Lipinski definition) is 1. The molecule has 0 bridgehead atoms. The lowest BCUT2D eigenvalue weighted by Gasteiger charge is -2.33. The van der Waals surface area contributed by atoms with Gasteiger partial charge in [-0.15, -0.1) is 0 Å². The predicted octanol–water partition coefficient (Wildman–Crippen LogP) is 4.03. The van der Waals surface area contributed by atoms with Crippen molar-refractivity contribution in [2.45, 2.75) is 71.6 Å². The maximum Gasteiger partial charge on any atom is 0.0677 e. The Kier molecular flexibility index (Phi) is 4.51. The van der Waals surface area contributed by atoms with Gasteiger partial charge in [0.1, 0.15) is 0 Å². The van der Waals surface area contributed by atoms with Gasteiger partial charge in [-0.1, -0.05) is 29.3 Å². The van der Waals surface area contributed by atoms with E-state index in [1.54, 1.807) is 0 Å². The standard InChI is InChI=1S/C19H31NO/c1-13-8-14(2)10-15(9-13)11-17(20-7)16-12-18(3,4)21-19(16,5)6/h8-10,16-17,20H,11-12H2,1-7H3. The lowest BCUT2D eigenvalue weighted by atomic mass is 9.79. The molecule has 1 aromatic rings. The van der Waals surface area contributed by atoms with Gasteiger partial charge in [0.05, 0.1) is 11.2 Å². The molecule has 2 atom stereocenters. The van der Waals surface area contributed by atoms with Crippen molar-refractivity contribution in [1.29, 1.82) is 0 Å². The number of rotatable bonds is 4. The Bertz CT molecular complexity index is 484. The SMILES string of the molecule is CNC(Cc1cc(C)cc(C)c1)C1CC(C)(C)OC1(C)C. The van der Waals surface area contributed by atoms with Crippen molar-refractivity contribution in [2.75, 3.05) is 7.05 Å². The molecule has 1 aliphatic heterocycles. The van der Waals surface area contributed by atoms with Gasteiger partial charge in [-0.25, -0.2) is 0 Å². The summed E-state index contributed by atoms with van der Waals surface area (Å²) in [6.45, 7) is 13.2. The van der Waals surface area contributed by atoms with Crippen molar-refractivity contribution in [3.63, 3.8) is 0 Å². The highest BCUT2D eigenvalue weighted by atomic mass is 16.5. The van der Waals surface area contributed by atoms with E-state index in [-0.39, 0.29) is 11.2 Å². The lowest BCUT2D eigenvalue weighted by molar-refractivity contribution is -0.0774. The predicted molar refractivity (Wildman–Crippen MR) is 89.8 cm³/mol. The van der Waals surface area contributed by atoms with E-state index in [1.807, 2.05) is 0 Å². The molecule has 0 spiro atoms. The molecule has 0 aliphatic carbocycles. The van der Waals surface area contributed by atoms with Gasteiger partial charge in [0.2, 0.25) is 0 Å². The first kappa shape index (κ1) is 16.5. The molecule has 1 aromatic carbocycles. The molecule has 0 amide bonds. The number of benzene rings is 1. The van der Waals surface area contributed by atoms with Gasteiger partial charge in [0.25, 0.3) is 0 Å². The molecule has 1 fully saturated rings. The molecule has 1 heterocycles. The zero-order chi connectivity index (χ0) is 15.8. The van der Waals surface area contributed by atoms with Crippen LogP contribution < -0.4 is 5.32 Å². The molecular formula is C19H31NO. The van der Waals surface area contributed by atoms with E-state index in [4.69, 9.17) is 4.74 Å². The third-order valence-corrected chi connectivity index (χ3v) is 4.74. The average Bonchev–Trinajstić information content (AvgIpc) is 2.53. The molecule has 1 saturated heterocycles. The van der Waals surface area contributed by atoms with Gasteiger partial charge < -0.3 is 10.1 Å². The average molecular weight is 289 g/mol. The van der Waals surface area contributed by atoms with E-state index in [1.165, 1.54) is 16.7 Å². The third kappa shape index (κ3) is 3.87. The van der Waals surface area contributed by atoms with Crippen LogP contribution >= 0.6 is 0 Å². The Labute approximate surface area is 130 Å². The highest BCUT2D eigenvalue weighted by molar-refractivity contribution is 5.29. The number of hydrogen-bond acceptors (Lipinski definition) is 2. The van der Waals surface area contributed by atoms with Crippen molar-refractivity contribution in [1.82, 2.24) is 5.32 Å². The molecule has 2 rings (SSSR count). The quantitative estimate of drug-likeness (QED) is 0.903. The van der Waals surface area contributed by atoms with Gasteiger partial charge in [-0.2, -0.15) is 0 Å². The van der Waals surface area contributed by atoms with Crippen LogP contribution in [0.1, 0.15) is 50.8 Å². The van der Waals surface area contributed by atoms with E-state index >= 15 is 0 Å². The van der Waals surface area contributed by atoms with Crippen LogP contribution in [0.2, 0.25) is 0 Å². The van der Waals surface area contributed by atoms with E-state index in [9.17, 15) is 0 Å². The molecule has 1 N–H and O–H groups in total. The fourth-order valence-corrected chi connectivity index (χ4v) is 4.12. The van der Waals surface area contributed by atoms with Crippen LogP contribution in [-0.2, 0) is 11.2 Å². The molecule has 0 aromatic heterocycles. The lowest BCUT2D eigenvalue weighted by Crippen LogP contribution is -2.44. The van der Waals surface area contributed by atoms with Crippen LogP contribution in [0, 0.1) is 19.8 Å². The Morgan fingerprint density at radius 1 is 1.14 bits per heavy atom. The zero-order valence-electron chi connectivity index (χ0n) is 14.7. The summed E-state index contributed by atoms with van der Waals surface area (Å²) in [5, 5.41) is 3.54. The van der Waals surface area contributed by atoms with Crippen LogP contribution in [-0.4, -0.2) is 24.3 Å². The first-order valence-electron chi connectivity index (χ1n) is 8.07. The molecule has 2 heteroatoms. The highest BCUT2D eigenvalue weighted by Gasteiger charge is 2.48. The second-order valence-electron chi connectivity index (χ2n) is 7.87. The number of nitrogens with one attached hydrogen (secondary N) is 1. The summed E-state index contributed by atoms with van der Waals surface area (Å²) in [6, 6.07) is 7.31. The van der Waals surface area contributed by atoms with E-state index in [0.717, 1.165) is 12.8 Å². The maximum absolute atomic E-state index is 6.28. The minimum atomic E-state index is -0.0734. The fraction of sp³-hybridized carbons (Fsp3) is 0.684. The van der Waals surface area contributed by atoms with Crippen molar-refractivity contribution in [2.24, 2.45) is 5.92 Å². The summed E-state index contributed by atoms with van der Waals surface area (Å²) in [5.41, 5.74) is 4.03. The number of likely N-dealkylation sites (N-methyl/N-ethyl adjacent to an activating group) is 1. The molecule has 21 heavy (non-hydrogen) atoms. The number of ether oxygens (including phenoxy) is 1. The fourth-order valence-electron chi connectivity index (χ4n) is 4.12. The summed E-state index contributed by atoms with van der Waals surface area (Å²) in [4.78, 5) is 0. The second-order valence-corrected chi connectivity index (χ2v) is 7.87. The maximum atomic E-state index is 6.28. The summed E-state index contributed by atoms with van der Waals surface area (Å²) >= 11 is 0. The largest absolute Gasteiger partial charge is 0.369 e. The molecule has 118 valence electrons. The molecule has 2 nitrogen and oxygen atoms in total. The topological polar surface area (TPSA) is 21.3 Å². The summed E-state index contributed by atoms with van der Waals surface area (Å²) in [6.07, 6.45) is 2.17. The summed E-state index contributed by atoms with van der Waals surface area (Å²) in [5.74, 6) is 0.526. The van der Waals surface area contributed by atoms with Gasteiger partial charge in [-0.05, 0) is 67.0 Å². The monoisotopic (exact) mass is 289 g/mol. The molecule has 1 aliphatic rings. The Morgan fingerprint density at radius 2 is 1.71 bits per heavy atom. The van der Waals surface area contributed by atoms with Gasteiger partial charge in [0, 0.05) is 12.0 Å². The molecule has 0 radical (unpaired) electrons. The molecule has 2 unspecified atom stereocenters. The first-order chi connectivity index (χ1) is 9.63. The van der Waals surface area contributed by atoms with Crippen LogP contribution in [0.25, 0.3) is 0 Å². The molecular weight excluding hydrogens is 258 g/mol. The van der Waals surface area contributed by atoms with Crippen molar-refractivity contribution < 1.29 is 4.74 Å². The Morgan fingerprint density at radius 3 is 2.14 bits per heavy atom. The van der Waals surface area contributed by atoms with Crippen LogP contribution in [0.5, 0.6) is 0 Å². The Hall–Kier alpha value is -0.860. The minimum Gasteiger partial charge on any atom is -0.369 e. The smallest absolute Gasteiger partial charge is 0.0677 e. The summed E-state index contributed by atoms with van der Waals surface area (Å²) < 4.78 is 6.28. The zero-order valence-corrected chi connectivity index (χ0v) is 14.7. The second kappa shape index (κ2) is 5.73. The van der Waals surface area contributed by atoms with Crippen LogP contribution in [0.3, 0.4) is 0 Å². The molecule has 0 saturated carbocycles. The number of aryl methyl sites for hydroxylation is 2. The van der Waals surface area contributed by atoms with Crippen molar-refractivity contribution in [3.05, 3.63) is 34.9 Å². The Balaban J connectivity index is 2.20. The minimum absolute atomic E-state index is 0.0220. The van der Waals surface area contributed by atoms with Crippen molar-refractivity contribution in [3.8, 4) is 0 Å².